The standard InChI is InChI=1S/C14H30N2O/c1-2-3-4-5-6-7-8-9-10-11-14(17)13(16)12-15/h13H,2-12,15-16H2,1H3/t13-/m1/s1. The van der Waals surface area contributed by atoms with Gasteiger partial charge >= 0.3 is 0 Å². The van der Waals surface area contributed by atoms with E-state index in [0.29, 0.717) is 6.42 Å². The molecule has 0 aromatic carbocycles. The molecule has 0 bridgehead atoms. The van der Waals surface area contributed by atoms with E-state index in [0.717, 1.165) is 12.8 Å². The van der Waals surface area contributed by atoms with Crippen molar-refractivity contribution < 1.29 is 4.79 Å². The van der Waals surface area contributed by atoms with Gasteiger partial charge in [0.15, 0.2) is 5.78 Å². The van der Waals surface area contributed by atoms with E-state index in [1.807, 2.05) is 0 Å². The first-order valence-electron chi connectivity index (χ1n) is 7.20. The van der Waals surface area contributed by atoms with Crippen molar-refractivity contribution in [1.29, 1.82) is 0 Å². The predicted molar refractivity (Wildman–Crippen MR) is 73.9 cm³/mol. The summed E-state index contributed by atoms with van der Waals surface area (Å²) in [4.78, 5) is 11.4. The fourth-order valence-electron chi connectivity index (χ4n) is 1.93. The number of hydrogen-bond acceptors (Lipinski definition) is 3. The van der Waals surface area contributed by atoms with Crippen molar-refractivity contribution in [3.63, 3.8) is 0 Å². The molecule has 0 aromatic heterocycles. The Kier molecular flexibility index (Phi) is 11.8. The highest BCUT2D eigenvalue weighted by atomic mass is 16.1. The van der Waals surface area contributed by atoms with Gasteiger partial charge in [0.05, 0.1) is 6.04 Å². The van der Waals surface area contributed by atoms with E-state index in [1.54, 1.807) is 0 Å². The van der Waals surface area contributed by atoms with Crippen molar-refractivity contribution in [3.05, 3.63) is 0 Å². The highest BCUT2D eigenvalue weighted by molar-refractivity contribution is 5.83. The summed E-state index contributed by atoms with van der Waals surface area (Å²) < 4.78 is 0. The van der Waals surface area contributed by atoms with Gasteiger partial charge in [0.1, 0.15) is 0 Å². The molecule has 1 atom stereocenters. The van der Waals surface area contributed by atoms with Crippen LogP contribution in [0.1, 0.15) is 71.1 Å². The monoisotopic (exact) mass is 242 g/mol. The summed E-state index contributed by atoms with van der Waals surface area (Å²) >= 11 is 0. The molecular formula is C14H30N2O. The number of carbonyl (C=O) groups excluding carboxylic acids is 1. The Morgan fingerprint density at radius 3 is 1.88 bits per heavy atom. The van der Waals surface area contributed by atoms with Crippen LogP contribution in [0.3, 0.4) is 0 Å². The number of ketones is 1. The van der Waals surface area contributed by atoms with Crippen LogP contribution in [0.25, 0.3) is 0 Å². The average Bonchev–Trinajstić information content (AvgIpc) is 2.35. The van der Waals surface area contributed by atoms with Gasteiger partial charge in [0.2, 0.25) is 0 Å². The van der Waals surface area contributed by atoms with Crippen LogP contribution in [0.5, 0.6) is 0 Å². The number of rotatable bonds is 12. The van der Waals surface area contributed by atoms with Gasteiger partial charge in [-0.25, -0.2) is 0 Å². The maximum Gasteiger partial charge on any atom is 0.150 e. The molecule has 0 aliphatic heterocycles. The van der Waals surface area contributed by atoms with Crippen molar-refractivity contribution in [1.82, 2.24) is 0 Å². The van der Waals surface area contributed by atoms with Crippen molar-refractivity contribution >= 4 is 5.78 Å². The molecule has 0 radical (unpaired) electrons. The second kappa shape index (κ2) is 12.1. The molecule has 3 nitrogen and oxygen atoms in total. The Hall–Kier alpha value is -0.410. The molecule has 0 unspecified atom stereocenters. The van der Waals surface area contributed by atoms with E-state index in [2.05, 4.69) is 6.92 Å². The van der Waals surface area contributed by atoms with Gasteiger partial charge < -0.3 is 11.5 Å². The zero-order chi connectivity index (χ0) is 12.9. The summed E-state index contributed by atoms with van der Waals surface area (Å²) in [5.74, 6) is 0.121. The molecule has 4 N–H and O–H groups in total. The lowest BCUT2D eigenvalue weighted by Crippen LogP contribution is -2.37. The molecule has 17 heavy (non-hydrogen) atoms. The summed E-state index contributed by atoms with van der Waals surface area (Å²) in [6.45, 7) is 2.51. The van der Waals surface area contributed by atoms with Crippen LogP contribution in [-0.2, 0) is 4.79 Å². The molecular weight excluding hydrogens is 212 g/mol. The van der Waals surface area contributed by atoms with Crippen LogP contribution in [-0.4, -0.2) is 18.4 Å². The van der Waals surface area contributed by atoms with Crippen LogP contribution in [0.15, 0.2) is 0 Å². The summed E-state index contributed by atoms with van der Waals surface area (Å²) in [6, 6.07) is -0.441. The van der Waals surface area contributed by atoms with E-state index in [9.17, 15) is 4.79 Å². The fraction of sp³-hybridized carbons (Fsp3) is 0.929. The molecule has 0 aliphatic rings. The first-order chi connectivity index (χ1) is 8.22. The second-order valence-corrected chi connectivity index (χ2v) is 4.89. The van der Waals surface area contributed by atoms with E-state index in [-0.39, 0.29) is 12.3 Å². The summed E-state index contributed by atoms with van der Waals surface area (Å²) in [6.07, 6.45) is 12.0. The second-order valence-electron chi connectivity index (χ2n) is 4.89. The molecule has 0 heterocycles. The van der Waals surface area contributed by atoms with Gasteiger partial charge in [-0.1, -0.05) is 58.3 Å². The molecule has 0 aliphatic carbocycles. The van der Waals surface area contributed by atoms with E-state index in [4.69, 9.17) is 11.5 Å². The first-order valence-corrected chi connectivity index (χ1v) is 7.20. The summed E-state index contributed by atoms with van der Waals surface area (Å²) in [7, 11) is 0. The van der Waals surface area contributed by atoms with Gasteiger partial charge in [-0.05, 0) is 6.42 Å². The smallest absolute Gasteiger partial charge is 0.150 e. The molecule has 0 spiro atoms. The number of Topliss-reactive ketones (excluding diaryl/α,β-unsaturated/α-hetero) is 1. The average molecular weight is 242 g/mol. The van der Waals surface area contributed by atoms with Crippen LogP contribution in [0.2, 0.25) is 0 Å². The van der Waals surface area contributed by atoms with Crippen molar-refractivity contribution in [2.45, 2.75) is 77.2 Å². The molecule has 3 heteroatoms. The molecule has 0 aromatic rings. The van der Waals surface area contributed by atoms with Crippen LogP contribution in [0, 0.1) is 0 Å². The highest BCUT2D eigenvalue weighted by Gasteiger charge is 2.09. The van der Waals surface area contributed by atoms with Crippen molar-refractivity contribution in [2.75, 3.05) is 6.54 Å². The van der Waals surface area contributed by atoms with Crippen molar-refractivity contribution in [2.24, 2.45) is 11.5 Å². The minimum absolute atomic E-state index is 0.121. The van der Waals surface area contributed by atoms with Gasteiger partial charge in [0, 0.05) is 13.0 Å². The zero-order valence-corrected chi connectivity index (χ0v) is 11.4. The minimum Gasteiger partial charge on any atom is -0.328 e. The van der Waals surface area contributed by atoms with Gasteiger partial charge in [-0.3, -0.25) is 4.79 Å². The molecule has 102 valence electrons. The van der Waals surface area contributed by atoms with Crippen molar-refractivity contribution in [3.8, 4) is 0 Å². The topological polar surface area (TPSA) is 69.1 Å². The number of hydrogen-bond donors (Lipinski definition) is 2. The zero-order valence-electron chi connectivity index (χ0n) is 11.4. The minimum atomic E-state index is -0.441. The number of nitrogens with two attached hydrogens (primary N) is 2. The lowest BCUT2D eigenvalue weighted by Gasteiger charge is -2.07. The lowest BCUT2D eigenvalue weighted by molar-refractivity contribution is -0.120. The Morgan fingerprint density at radius 1 is 0.941 bits per heavy atom. The molecule has 0 saturated carbocycles. The van der Waals surface area contributed by atoms with Gasteiger partial charge in [0.25, 0.3) is 0 Å². The predicted octanol–water partition coefficient (Wildman–Crippen LogP) is 2.76. The Labute approximate surface area is 106 Å². The van der Waals surface area contributed by atoms with Crippen LogP contribution >= 0.6 is 0 Å². The normalized spacial score (nSPS) is 12.6. The summed E-state index contributed by atoms with van der Waals surface area (Å²) in [5.41, 5.74) is 10.9. The Balaban J connectivity index is 3.16. The third kappa shape index (κ3) is 10.5. The Morgan fingerprint density at radius 2 is 1.41 bits per heavy atom. The van der Waals surface area contributed by atoms with E-state index >= 15 is 0 Å². The lowest BCUT2D eigenvalue weighted by atomic mass is 10.0. The number of unbranched alkanes of at least 4 members (excludes halogenated alkanes) is 8. The molecule has 0 fully saturated rings. The first kappa shape index (κ1) is 16.6. The van der Waals surface area contributed by atoms with E-state index in [1.165, 1.54) is 44.9 Å². The maximum absolute atomic E-state index is 11.4. The maximum atomic E-state index is 11.4. The Bertz CT molecular complexity index is 183. The van der Waals surface area contributed by atoms with Gasteiger partial charge in [-0.2, -0.15) is 0 Å². The highest BCUT2D eigenvalue weighted by Crippen LogP contribution is 2.10. The third-order valence-electron chi connectivity index (χ3n) is 3.19. The fourth-order valence-corrected chi connectivity index (χ4v) is 1.93. The quantitative estimate of drug-likeness (QED) is 0.517. The van der Waals surface area contributed by atoms with Crippen LogP contribution in [0.4, 0.5) is 0 Å². The van der Waals surface area contributed by atoms with E-state index < -0.39 is 6.04 Å². The number of carbonyl (C=O) groups is 1. The van der Waals surface area contributed by atoms with Crippen LogP contribution < -0.4 is 11.5 Å². The van der Waals surface area contributed by atoms with Gasteiger partial charge in [-0.15, -0.1) is 0 Å². The summed E-state index contributed by atoms with van der Waals surface area (Å²) in [5, 5.41) is 0. The molecule has 0 amide bonds. The third-order valence-corrected chi connectivity index (χ3v) is 3.19. The molecule has 0 saturated heterocycles. The molecule has 0 rings (SSSR count). The SMILES string of the molecule is CCCCCCCCCCCC(=O)[C@H](N)CN. The largest absolute Gasteiger partial charge is 0.328 e.